The summed E-state index contributed by atoms with van der Waals surface area (Å²) in [5, 5.41) is 10.4. The lowest BCUT2D eigenvalue weighted by atomic mass is 10.0. The Labute approximate surface area is 132 Å². The van der Waals surface area contributed by atoms with Crippen LogP contribution in [-0.4, -0.2) is 34.6 Å². The number of carbonyl (C=O) groups excluding carboxylic acids is 1. The molecule has 1 atom stereocenters. The summed E-state index contributed by atoms with van der Waals surface area (Å²) in [6.07, 6.45) is 3.84. The van der Waals surface area contributed by atoms with Crippen molar-refractivity contribution in [2.24, 2.45) is 7.05 Å². The molecule has 0 bridgehead atoms. The van der Waals surface area contributed by atoms with E-state index < -0.39 is 0 Å². The molecule has 2 N–H and O–H groups in total. The molecular formula is C16H28N4O2. The van der Waals surface area contributed by atoms with Gasteiger partial charge in [0.1, 0.15) is 0 Å². The van der Waals surface area contributed by atoms with Gasteiger partial charge in [0.05, 0.1) is 11.3 Å². The zero-order valence-electron chi connectivity index (χ0n) is 14.2. The smallest absolute Gasteiger partial charge is 0.315 e. The van der Waals surface area contributed by atoms with E-state index in [1.54, 1.807) is 0 Å². The molecule has 1 aromatic heterocycles. The van der Waals surface area contributed by atoms with Crippen LogP contribution in [0.2, 0.25) is 0 Å². The highest BCUT2D eigenvalue weighted by molar-refractivity contribution is 5.74. The largest absolute Gasteiger partial charge is 0.373 e. The molecule has 1 aliphatic rings. The Kier molecular flexibility index (Phi) is 5.45. The maximum Gasteiger partial charge on any atom is 0.315 e. The lowest BCUT2D eigenvalue weighted by Gasteiger charge is -2.23. The van der Waals surface area contributed by atoms with E-state index in [1.807, 2.05) is 18.7 Å². The number of hydrogen-bond acceptors (Lipinski definition) is 3. The van der Waals surface area contributed by atoms with Gasteiger partial charge in [-0.05, 0) is 32.6 Å². The number of amides is 2. The molecule has 124 valence electrons. The maximum atomic E-state index is 12.0. The lowest BCUT2D eigenvalue weighted by molar-refractivity contribution is 0.0229. The summed E-state index contributed by atoms with van der Waals surface area (Å²) in [6.45, 7) is 8.10. The van der Waals surface area contributed by atoms with Crippen molar-refractivity contribution in [2.75, 3.05) is 13.2 Å². The summed E-state index contributed by atoms with van der Waals surface area (Å²) in [5.74, 6) is 0. The van der Waals surface area contributed by atoms with Crippen LogP contribution in [0.3, 0.4) is 0 Å². The van der Waals surface area contributed by atoms with Crippen molar-refractivity contribution in [3.8, 4) is 0 Å². The number of carbonyl (C=O) groups is 1. The van der Waals surface area contributed by atoms with Gasteiger partial charge in [-0.1, -0.05) is 13.8 Å². The summed E-state index contributed by atoms with van der Waals surface area (Å²) in [7, 11) is 1.96. The first-order chi connectivity index (χ1) is 10.5. The highest BCUT2D eigenvalue weighted by Crippen LogP contribution is 2.23. The van der Waals surface area contributed by atoms with Gasteiger partial charge in [0, 0.05) is 38.0 Å². The van der Waals surface area contributed by atoms with Crippen LogP contribution in [-0.2, 0) is 31.2 Å². The van der Waals surface area contributed by atoms with E-state index in [9.17, 15) is 4.79 Å². The molecule has 0 unspecified atom stereocenters. The molecule has 0 spiro atoms. The standard InChI is InChI=1S/C16H28N4O2/c1-5-13-12(14(6-2)20(4)19-13)10-17-15(21)18-11-16(3)8-7-9-22-16/h5-11H2,1-4H3,(H2,17,18,21)/t16-/m0/s1. The second kappa shape index (κ2) is 7.13. The number of rotatable bonds is 6. The number of ether oxygens (including phenoxy) is 1. The van der Waals surface area contributed by atoms with Gasteiger partial charge >= 0.3 is 6.03 Å². The number of aromatic nitrogens is 2. The minimum Gasteiger partial charge on any atom is -0.373 e. The average Bonchev–Trinajstić information content (AvgIpc) is 3.06. The van der Waals surface area contributed by atoms with Crippen molar-refractivity contribution in [3.63, 3.8) is 0 Å². The predicted molar refractivity (Wildman–Crippen MR) is 85.8 cm³/mol. The second-order valence-corrected chi connectivity index (χ2v) is 6.14. The van der Waals surface area contributed by atoms with Crippen LogP contribution in [0, 0.1) is 0 Å². The first-order valence-electron chi connectivity index (χ1n) is 8.18. The quantitative estimate of drug-likeness (QED) is 0.843. The number of urea groups is 1. The average molecular weight is 308 g/mol. The van der Waals surface area contributed by atoms with Crippen molar-refractivity contribution >= 4 is 6.03 Å². The van der Waals surface area contributed by atoms with E-state index in [0.717, 1.165) is 43.5 Å². The Morgan fingerprint density at radius 1 is 1.36 bits per heavy atom. The van der Waals surface area contributed by atoms with Gasteiger partial charge in [-0.15, -0.1) is 0 Å². The van der Waals surface area contributed by atoms with Gasteiger partial charge < -0.3 is 15.4 Å². The number of aryl methyl sites for hydroxylation is 2. The summed E-state index contributed by atoms with van der Waals surface area (Å²) in [5.41, 5.74) is 3.18. The van der Waals surface area contributed by atoms with E-state index >= 15 is 0 Å². The lowest BCUT2D eigenvalue weighted by Crippen LogP contribution is -2.44. The third-order valence-electron chi connectivity index (χ3n) is 4.38. The Bertz CT molecular complexity index is 518. The van der Waals surface area contributed by atoms with Gasteiger partial charge in [0.2, 0.25) is 0 Å². The molecule has 2 rings (SSSR count). The SMILES string of the molecule is CCc1nn(C)c(CC)c1CNC(=O)NC[C@]1(C)CCCO1. The molecule has 1 aliphatic heterocycles. The van der Waals surface area contributed by atoms with Crippen LogP contribution < -0.4 is 10.6 Å². The predicted octanol–water partition coefficient (Wildman–Crippen LogP) is 1.91. The van der Waals surface area contributed by atoms with Crippen LogP contribution in [0.4, 0.5) is 4.79 Å². The molecule has 0 aliphatic carbocycles. The molecule has 0 radical (unpaired) electrons. The zero-order valence-corrected chi connectivity index (χ0v) is 14.2. The molecule has 6 heteroatoms. The van der Waals surface area contributed by atoms with Crippen molar-refractivity contribution in [1.29, 1.82) is 0 Å². The third kappa shape index (κ3) is 3.80. The molecule has 1 fully saturated rings. The maximum absolute atomic E-state index is 12.0. The van der Waals surface area contributed by atoms with E-state index in [0.29, 0.717) is 13.1 Å². The molecule has 1 aromatic rings. The molecule has 0 aromatic carbocycles. The highest BCUT2D eigenvalue weighted by Gasteiger charge is 2.30. The van der Waals surface area contributed by atoms with E-state index in [1.165, 1.54) is 5.69 Å². The van der Waals surface area contributed by atoms with Crippen molar-refractivity contribution in [3.05, 3.63) is 17.0 Å². The summed E-state index contributed by atoms with van der Waals surface area (Å²) in [6, 6.07) is -0.148. The summed E-state index contributed by atoms with van der Waals surface area (Å²) < 4.78 is 7.59. The molecule has 2 heterocycles. The summed E-state index contributed by atoms with van der Waals surface area (Å²) in [4.78, 5) is 12.0. The van der Waals surface area contributed by atoms with Crippen molar-refractivity contribution < 1.29 is 9.53 Å². The van der Waals surface area contributed by atoms with Crippen LogP contribution in [0.1, 0.15) is 50.6 Å². The van der Waals surface area contributed by atoms with Crippen LogP contribution in [0.15, 0.2) is 0 Å². The highest BCUT2D eigenvalue weighted by atomic mass is 16.5. The normalized spacial score (nSPS) is 21.1. The molecule has 6 nitrogen and oxygen atoms in total. The first kappa shape index (κ1) is 16.8. The number of nitrogens with zero attached hydrogens (tertiary/aromatic N) is 2. The Morgan fingerprint density at radius 2 is 2.14 bits per heavy atom. The molecule has 0 saturated carbocycles. The van der Waals surface area contributed by atoms with E-state index in [4.69, 9.17) is 4.74 Å². The Balaban J connectivity index is 1.88. The molecule has 22 heavy (non-hydrogen) atoms. The molecular weight excluding hydrogens is 280 g/mol. The fourth-order valence-electron chi connectivity index (χ4n) is 3.07. The van der Waals surface area contributed by atoms with E-state index in [-0.39, 0.29) is 11.6 Å². The third-order valence-corrected chi connectivity index (χ3v) is 4.38. The van der Waals surface area contributed by atoms with E-state index in [2.05, 4.69) is 29.6 Å². The summed E-state index contributed by atoms with van der Waals surface area (Å²) >= 11 is 0. The van der Waals surface area contributed by atoms with Gasteiger partial charge in [0.15, 0.2) is 0 Å². The monoisotopic (exact) mass is 308 g/mol. The fourth-order valence-corrected chi connectivity index (χ4v) is 3.07. The van der Waals surface area contributed by atoms with Gasteiger partial charge in [-0.25, -0.2) is 4.79 Å². The van der Waals surface area contributed by atoms with Crippen molar-refractivity contribution in [1.82, 2.24) is 20.4 Å². The minimum atomic E-state index is -0.213. The first-order valence-corrected chi connectivity index (χ1v) is 8.18. The van der Waals surface area contributed by atoms with Gasteiger partial charge in [0.25, 0.3) is 0 Å². The molecule has 1 saturated heterocycles. The Morgan fingerprint density at radius 3 is 2.73 bits per heavy atom. The van der Waals surface area contributed by atoms with Gasteiger partial charge in [-0.2, -0.15) is 5.10 Å². The fraction of sp³-hybridized carbons (Fsp3) is 0.750. The number of hydrogen-bond donors (Lipinski definition) is 2. The molecule has 2 amide bonds. The zero-order chi connectivity index (χ0) is 16.2. The topological polar surface area (TPSA) is 68.2 Å². The van der Waals surface area contributed by atoms with Crippen LogP contribution in [0.25, 0.3) is 0 Å². The van der Waals surface area contributed by atoms with Gasteiger partial charge in [-0.3, -0.25) is 4.68 Å². The van der Waals surface area contributed by atoms with Crippen LogP contribution >= 0.6 is 0 Å². The van der Waals surface area contributed by atoms with Crippen LogP contribution in [0.5, 0.6) is 0 Å². The number of nitrogens with one attached hydrogen (secondary N) is 2. The Hall–Kier alpha value is -1.56. The minimum absolute atomic E-state index is 0.148. The second-order valence-electron chi connectivity index (χ2n) is 6.14. The van der Waals surface area contributed by atoms with Crippen molar-refractivity contribution in [2.45, 2.75) is 58.6 Å².